The zero-order valence-corrected chi connectivity index (χ0v) is 11.5. The lowest BCUT2D eigenvalue weighted by Gasteiger charge is -2.17. The molecule has 0 saturated carbocycles. The molecule has 0 saturated heterocycles. The summed E-state index contributed by atoms with van der Waals surface area (Å²) < 4.78 is 0. The summed E-state index contributed by atoms with van der Waals surface area (Å²) >= 11 is 0. The number of nitrogens with one attached hydrogen (secondary N) is 1. The average molecular weight is 249 g/mol. The minimum absolute atomic E-state index is 0.0538. The SMILES string of the molecule is CC(C)(C)CCC(=O)NCc1ccc(CO)cc1. The first-order valence-electron chi connectivity index (χ1n) is 6.36. The molecule has 18 heavy (non-hydrogen) atoms. The Bertz CT molecular complexity index is 376. The maximum absolute atomic E-state index is 11.6. The van der Waals surface area contributed by atoms with E-state index in [2.05, 4.69) is 26.1 Å². The van der Waals surface area contributed by atoms with E-state index in [1.165, 1.54) is 0 Å². The fraction of sp³-hybridized carbons (Fsp3) is 0.533. The highest BCUT2D eigenvalue weighted by Crippen LogP contribution is 2.20. The van der Waals surface area contributed by atoms with Gasteiger partial charge in [0.2, 0.25) is 5.91 Å². The molecule has 1 aromatic rings. The van der Waals surface area contributed by atoms with E-state index in [9.17, 15) is 4.79 Å². The Balaban J connectivity index is 2.33. The summed E-state index contributed by atoms with van der Waals surface area (Å²) in [5.74, 6) is 0.0937. The second-order valence-electron chi connectivity index (χ2n) is 5.81. The van der Waals surface area contributed by atoms with Crippen molar-refractivity contribution in [3.63, 3.8) is 0 Å². The summed E-state index contributed by atoms with van der Waals surface area (Å²) in [6.07, 6.45) is 1.46. The number of aliphatic hydroxyl groups is 1. The highest BCUT2D eigenvalue weighted by atomic mass is 16.3. The third-order valence-corrected chi connectivity index (χ3v) is 2.80. The lowest BCUT2D eigenvalue weighted by molar-refractivity contribution is -0.121. The summed E-state index contributed by atoms with van der Waals surface area (Å²) in [6.45, 7) is 7.00. The number of rotatable bonds is 5. The van der Waals surface area contributed by atoms with Gasteiger partial charge in [-0.05, 0) is 23.0 Å². The van der Waals surface area contributed by atoms with Crippen molar-refractivity contribution in [1.29, 1.82) is 0 Å². The number of hydrogen-bond acceptors (Lipinski definition) is 2. The van der Waals surface area contributed by atoms with Crippen LogP contribution in [0.5, 0.6) is 0 Å². The Kier molecular flexibility index (Phi) is 5.35. The third kappa shape index (κ3) is 5.82. The van der Waals surface area contributed by atoms with Crippen LogP contribution >= 0.6 is 0 Å². The number of benzene rings is 1. The molecule has 100 valence electrons. The molecule has 1 amide bonds. The maximum Gasteiger partial charge on any atom is 0.220 e. The maximum atomic E-state index is 11.6. The molecule has 0 aliphatic heterocycles. The Labute approximate surface area is 109 Å². The van der Waals surface area contributed by atoms with Crippen molar-refractivity contribution in [1.82, 2.24) is 5.32 Å². The smallest absolute Gasteiger partial charge is 0.220 e. The Morgan fingerprint density at radius 1 is 1.17 bits per heavy atom. The molecule has 3 nitrogen and oxygen atoms in total. The van der Waals surface area contributed by atoms with Crippen LogP contribution < -0.4 is 5.32 Å². The molecular formula is C15H23NO2. The molecule has 0 fully saturated rings. The number of amides is 1. The van der Waals surface area contributed by atoms with Gasteiger partial charge in [0.15, 0.2) is 0 Å². The lowest BCUT2D eigenvalue weighted by Crippen LogP contribution is -2.24. The van der Waals surface area contributed by atoms with Gasteiger partial charge < -0.3 is 10.4 Å². The van der Waals surface area contributed by atoms with E-state index in [4.69, 9.17) is 5.11 Å². The molecule has 0 aromatic heterocycles. The van der Waals surface area contributed by atoms with Crippen LogP contribution in [0.4, 0.5) is 0 Å². The molecular weight excluding hydrogens is 226 g/mol. The predicted molar refractivity (Wildman–Crippen MR) is 72.9 cm³/mol. The van der Waals surface area contributed by atoms with E-state index in [0.29, 0.717) is 13.0 Å². The van der Waals surface area contributed by atoms with Crippen LogP contribution in [0.1, 0.15) is 44.7 Å². The molecule has 0 atom stereocenters. The quantitative estimate of drug-likeness (QED) is 0.842. The first-order chi connectivity index (χ1) is 8.40. The highest BCUT2D eigenvalue weighted by molar-refractivity contribution is 5.75. The summed E-state index contributed by atoms with van der Waals surface area (Å²) in [5.41, 5.74) is 2.13. The number of hydrogen-bond donors (Lipinski definition) is 2. The van der Waals surface area contributed by atoms with Crippen LogP contribution in [0.3, 0.4) is 0 Å². The predicted octanol–water partition coefficient (Wildman–Crippen LogP) is 2.62. The van der Waals surface area contributed by atoms with Crippen LogP contribution in [0.25, 0.3) is 0 Å². The van der Waals surface area contributed by atoms with Crippen molar-refractivity contribution in [2.75, 3.05) is 0 Å². The third-order valence-electron chi connectivity index (χ3n) is 2.80. The van der Waals surface area contributed by atoms with Crippen LogP contribution in [-0.4, -0.2) is 11.0 Å². The van der Waals surface area contributed by atoms with E-state index in [0.717, 1.165) is 17.5 Å². The minimum Gasteiger partial charge on any atom is -0.392 e. The van der Waals surface area contributed by atoms with Crippen LogP contribution in [0, 0.1) is 5.41 Å². The molecule has 0 aliphatic rings. The molecule has 0 unspecified atom stereocenters. The van der Waals surface area contributed by atoms with Crippen LogP contribution in [0.15, 0.2) is 24.3 Å². The fourth-order valence-corrected chi connectivity index (χ4v) is 1.54. The average Bonchev–Trinajstić information content (AvgIpc) is 2.33. The van der Waals surface area contributed by atoms with Gasteiger partial charge in [0.05, 0.1) is 6.61 Å². The summed E-state index contributed by atoms with van der Waals surface area (Å²) in [6, 6.07) is 7.60. The normalized spacial score (nSPS) is 11.3. The largest absolute Gasteiger partial charge is 0.392 e. The van der Waals surface area contributed by atoms with Gasteiger partial charge in [-0.2, -0.15) is 0 Å². The molecule has 0 radical (unpaired) electrons. The van der Waals surface area contributed by atoms with Gasteiger partial charge >= 0.3 is 0 Å². The van der Waals surface area contributed by atoms with Gasteiger partial charge in [-0.15, -0.1) is 0 Å². The Hall–Kier alpha value is -1.35. The van der Waals surface area contributed by atoms with Crippen molar-refractivity contribution >= 4 is 5.91 Å². The second kappa shape index (κ2) is 6.55. The van der Waals surface area contributed by atoms with Crippen molar-refractivity contribution in [2.24, 2.45) is 5.41 Å². The lowest BCUT2D eigenvalue weighted by atomic mass is 9.90. The molecule has 0 spiro atoms. The second-order valence-corrected chi connectivity index (χ2v) is 5.81. The van der Waals surface area contributed by atoms with E-state index in [-0.39, 0.29) is 17.9 Å². The molecule has 2 N–H and O–H groups in total. The van der Waals surface area contributed by atoms with Crippen molar-refractivity contribution < 1.29 is 9.90 Å². The Morgan fingerprint density at radius 2 is 1.72 bits per heavy atom. The number of aliphatic hydroxyl groups excluding tert-OH is 1. The zero-order valence-electron chi connectivity index (χ0n) is 11.5. The van der Waals surface area contributed by atoms with Gasteiger partial charge in [-0.3, -0.25) is 4.79 Å². The number of carbonyl (C=O) groups excluding carboxylic acids is 1. The summed E-state index contributed by atoms with van der Waals surface area (Å²) in [4.78, 5) is 11.6. The van der Waals surface area contributed by atoms with E-state index >= 15 is 0 Å². The number of carbonyl (C=O) groups is 1. The van der Waals surface area contributed by atoms with E-state index in [1.807, 2.05) is 24.3 Å². The van der Waals surface area contributed by atoms with Crippen LogP contribution in [0.2, 0.25) is 0 Å². The zero-order chi connectivity index (χ0) is 13.6. The van der Waals surface area contributed by atoms with Crippen molar-refractivity contribution in [2.45, 2.75) is 46.8 Å². The van der Waals surface area contributed by atoms with Gasteiger partial charge in [0, 0.05) is 13.0 Å². The van der Waals surface area contributed by atoms with Crippen molar-refractivity contribution in [3.8, 4) is 0 Å². The first kappa shape index (κ1) is 14.7. The van der Waals surface area contributed by atoms with Gasteiger partial charge in [0.1, 0.15) is 0 Å². The van der Waals surface area contributed by atoms with Gasteiger partial charge in [-0.25, -0.2) is 0 Å². The molecule has 1 rings (SSSR count). The van der Waals surface area contributed by atoms with E-state index < -0.39 is 0 Å². The van der Waals surface area contributed by atoms with Crippen molar-refractivity contribution in [3.05, 3.63) is 35.4 Å². The molecule has 1 aromatic carbocycles. The molecule has 0 heterocycles. The summed E-state index contributed by atoms with van der Waals surface area (Å²) in [7, 11) is 0. The van der Waals surface area contributed by atoms with Gasteiger partial charge in [0.25, 0.3) is 0 Å². The Morgan fingerprint density at radius 3 is 2.22 bits per heavy atom. The first-order valence-corrected chi connectivity index (χ1v) is 6.36. The topological polar surface area (TPSA) is 49.3 Å². The van der Waals surface area contributed by atoms with E-state index in [1.54, 1.807) is 0 Å². The minimum atomic E-state index is 0.0538. The fourth-order valence-electron chi connectivity index (χ4n) is 1.54. The van der Waals surface area contributed by atoms with Gasteiger partial charge in [-0.1, -0.05) is 45.0 Å². The summed E-state index contributed by atoms with van der Waals surface area (Å²) in [5, 5.41) is 11.8. The molecule has 0 bridgehead atoms. The van der Waals surface area contributed by atoms with Crippen LogP contribution in [-0.2, 0) is 17.9 Å². The monoisotopic (exact) mass is 249 g/mol. The highest BCUT2D eigenvalue weighted by Gasteiger charge is 2.12. The standard InChI is InChI=1S/C15H23NO2/c1-15(2,3)9-8-14(18)16-10-12-4-6-13(11-17)7-5-12/h4-7,17H,8-11H2,1-3H3,(H,16,18). The molecule has 0 aliphatic carbocycles. The molecule has 3 heteroatoms.